The molecule has 0 saturated heterocycles. The van der Waals surface area contributed by atoms with Gasteiger partial charge >= 0.3 is 11.9 Å². The number of hydrogen-bond donors (Lipinski definition) is 0. The van der Waals surface area contributed by atoms with Crippen LogP contribution in [0.4, 0.5) is 0 Å². The molecule has 2 unspecified atom stereocenters. The first-order valence-corrected chi connectivity index (χ1v) is 7.54. The van der Waals surface area contributed by atoms with Gasteiger partial charge in [-0.2, -0.15) is 0 Å². The first-order chi connectivity index (χ1) is 11.4. The van der Waals surface area contributed by atoms with E-state index in [0.717, 1.165) is 19.1 Å². The number of hydrogen-bond acceptors (Lipinski definition) is 6. The molecule has 0 bridgehead atoms. The molecule has 24 heavy (non-hydrogen) atoms. The maximum atomic E-state index is 12.7. The van der Waals surface area contributed by atoms with Gasteiger partial charge < -0.3 is 9.47 Å². The molecule has 3 rings (SSSR count). The smallest absolute Gasteiger partial charge is 0.325 e. The number of fused-ring (bicyclic) bond motifs is 1. The summed E-state index contributed by atoms with van der Waals surface area (Å²) in [6.07, 6.45) is 0.157. The van der Waals surface area contributed by atoms with Crippen molar-refractivity contribution in [3.8, 4) is 0 Å². The van der Waals surface area contributed by atoms with Crippen molar-refractivity contribution in [3.05, 3.63) is 35.4 Å². The van der Waals surface area contributed by atoms with Crippen molar-refractivity contribution in [2.45, 2.75) is 19.4 Å². The van der Waals surface area contributed by atoms with Crippen LogP contribution in [0.3, 0.4) is 0 Å². The number of esters is 2. The zero-order valence-electron chi connectivity index (χ0n) is 13.6. The Morgan fingerprint density at radius 2 is 1.50 bits per heavy atom. The van der Waals surface area contributed by atoms with Gasteiger partial charge in [-0.1, -0.05) is 19.1 Å². The van der Waals surface area contributed by atoms with Gasteiger partial charge in [-0.3, -0.25) is 24.1 Å². The predicted molar refractivity (Wildman–Crippen MR) is 81.0 cm³/mol. The zero-order valence-corrected chi connectivity index (χ0v) is 13.6. The van der Waals surface area contributed by atoms with Crippen LogP contribution in [0.25, 0.3) is 0 Å². The van der Waals surface area contributed by atoms with Gasteiger partial charge in [-0.25, -0.2) is 0 Å². The maximum absolute atomic E-state index is 12.7. The van der Waals surface area contributed by atoms with E-state index < -0.39 is 35.2 Å². The molecule has 7 heteroatoms. The van der Waals surface area contributed by atoms with Gasteiger partial charge in [0.2, 0.25) is 0 Å². The van der Waals surface area contributed by atoms with Crippen molar-refractivity contribution >= 4 is 23.8 Å². The van der Waals surface area contributed by atoms with E-state index in [1.807, 2.05) is 0 Å². The molecule has 7 nitrogen and oxygen atoms in total. The van der Waals surface area contributed by atoms with Gasteiger partial charge in [0, 0.05) is 0 Å². The fourth-order valence-corrected chi connectivity index (χ4v) is 3.86. The van der Waals surface area contributed by atoms with E-state index >= 15 is 0 Å². The molecule has 0 radical (unpaired) electrons. The molecule has 1 heterocycles. The number of benzene rings is 1. The molecule has 1 saturated carbocycles. The zero-order chi connectivity index (χ0) is 17.6. The second-order valence-corrected chi connectivity index (χ2v) is 6.11. The maximum Gasteiger partial charge on any atom is 0.325 e. The van der Waals surface area contributed by atoms with Crippen LogP contribution in [0.5, 0.6) is 0 Å². The van der Waals surface area contributed by atoms with Crippen LogP contribution in [0.1, 0.15) is 34.1 Å². The van der Waals surface area contributed by atoms with Crippen LogP contribution < -0.4 is 0 Å². The Morgan fingerprint density at radius 1 is 1.04 bits per heavy atom. The monoisotopic (exact) mass is 331 g/mol. The van der Waals surface area contributed by atoms with Gasteiger partial charge in [-0.05, 0) is 24.5 Å². The minimum absolute atomic E-state index is 0.157. The van der Waals surface area contributed by atoms with Crippen molar-refractivity contribution in [3.63, 3.8) is 0 Å². The van der Waals surface area contributed by atoms with E-state index in [1.165, 1.54) is 0 Å². The predicted octanol–water partition coefficient (Wildman–Crippen LogP) is 1.02. The topological polar surface area (TPSA) is 90.0 Å². The van der Waals surface area contributed by atoms with Gasteiger partial charge in [0.15, 0.2) is 5.41 Å². The molecule has 1 aromatic carbocycles. The summed E-state index contributed by atoms with van der Waals surface area (Å²) in [5.74, 6) is -2.85. The van der Waals surface area contributed by atoms with Crippen LogP contribution in [0.15, 0.2) is 24.3 Å². The summed E-state index contributed by atoms with van der Waals surface area (Å²) in [7, 11) is 2.32. The Balaban J connectivity index is 2.08. The standard InChI is InChI=1S/C17H17NO6/c1-9-8-17(15(21)23-2,16(22)24-3)12(9)18-13(19)10-6-4-5-7-11(10)14(18)20/h4-7,9,12H,8H2,1-3H3. The average molecular weight is 331 g/mol. The number of imide groups is 1. The number of carbonyl (C=O) groups is 4. The first kappa shape index (κ1) is 16.2. The van der Waals surface area contributed by atoms with Crippen molar-refractivity contribution in [1.82, 2.24) is 4.90 Å². The molecule has 2 aliphatic rings. The minimum atomic E-state index is -1.67. The largest absolute Gasteiger partial charge is 0.468 e. The van der Waals surface area contributed by atoms with Gasteiger partial charge in [0.05, 0.1) is 31.4 Å². The van der Waals surface area contributed by atoms with E-state index in [4.69, 9.17) is 9.47 Å². The van der Waals surface area contributed by atoms with E-state index in [9.17, 15) is 19.2 Å². The minimum Gasteiger partial charge on any atom is -0.468 e. The molecular weight excluding hydrogens is 314 g/mol. The molecule has 1 aliphatic carbocycles. The molecule has 2 atom stereocenters. The summed E-state index contributed by atoms with van der Waals surface area (Å²) < 4.78 is 9.55. The highest BCUT2D eigenvalue weighted by Gasteiger charge is 2.68. The van der Waals surface area contributed by atoms with Crippen LogP contribution in [-0.4, -0.2) is 48.9 Å². The lowest BCUT2D eigenvalue weighted by Crippen LogP contribution is -2.68. The molecule has 1 fully saturated rings. The normalized spacial score (nSPS) is 24.2. The summed E-state index contributed by atoms with van der Waals surface area (Å²) in [5, 5.41) is 0. The van der Waals surface area contributed by atoms with Crippen molar-refractivity contribution in [2.75, 3.05) is 14.2 Å². The SMILES string of the molecule is COC(=O)C1(C(=O)OC)CC(C)C1N1C(=O)c2ccccc2C1=O. The lowest BCUT2D eigenvalue weighted by atomic mass is 9.57. The average Bonchev–Trinajstić information content (AvgIpc) is 2.83. The molecule has 1 aromatic rings. The third-order valence-electron chi connectivity index (χ3n) is 4.89. The van der Waals surface area contributed by atoms with Crippen LogP contribution >= 0.6 is 0 Å². The second-order valence-electron chi connectivity index (χ2n) is 6.11. The number of carbonyl (C=O) groups excluding carboxylic acids is 4. The Kier molecular flexibility index (Phi) is 3.66. The van der Waals surface area contributed by atoms with Gasteiger partial charge in [-0.15, -0.1) is 0 Å². The summed E-state index contributed by atoms with van der Waals surface area (Å²) in [6.45, 7) is 1.78. The van der Waals surface area contributed by atoms with E-state index in [0.29, 0.717) is 0 Å². The Hall–Kier alpha value is -2.70. The van der Waals surface area contributed by atoms with E-state index in [2.05, 4.69) is 0 Å². The summed E-state index contributed by atoms with van der Waals surface area (Å²) in [4.78, 5) is 51.1. The Bertz CT molecular complexity index is 704. The number of ether oxygens (including phenoxy) is 2. The Labute approximate surface area is 138 Å². The van der Waals surface area contributed by atoms with E-state index in [-0.39, 0.29) is 23.5 Å². The quantitative estimate of drug-likeness (QED) is 0.467. The van der Waals surface area contributed by atoms with Crippen molar-refractivity contribution in [2.24, 2.45) is 11.3 Å². The number of methoxy groups -OCH3 is 2. The van der Waals surface area contributed by atoms with Gasteiger partial charge in [0.1, 0.15) is 0 Å². The molecule has 0 spiro atoms. The van der Waals surface area contributed by atoms with Crippen LogP contribution in [0.2, 0.25) is 0 Å². The number of rotatable bonds is 3. The first-order valence-electron chi connectivity index (χ1n) is 7.54. The van der Waals surface area contributed by atoms with Crippen LogP contribution in [0, 0.1) is 11.3 Å². The number of nitrogens with zero attached hydrogens (tertiary/aromatic N) is 1. The molecule has 126 valence electrons. The summed E-state index contributed by atoms with van der Waals surface area (Å²) in [6, 6.07) is 5.50. The third-order valence-corrected chi connectivity index (χ3v) is 4.89. The lowest BCUT2D eigenvalue weighted by Gasteiger charge is -2.52. The number of amides is 2. The molecular formula is C17H17NO6. The summed E-state index contributed by atoms with van der Waals surface area (Å²) in [5.41, 5.74) is -1.13. The Morgan fingerprint density at radius 3 is 1.88 bits per heavy atom. The highest BCUT2D eigenvalue weighted by atomic mass is 16.5. The molecule has 2 amide bonds. The second kappa shape index (κ2) is 5.43. The van der Waals surface area contributed by atoms with E-state index in [1.54, 1.807) is 31.2 Å². The van der Waals surface area contributed by atoms with Crippen LogP contribution in [-0.2, 0) is 19.1 Å². The fourth-order valence-electron chi connectivity index (χ4n) is 3.86. The molecule has 0 N–H and O–H groups in total. The third kappa shape index (κ3) is 1.84. The van der Waals surface area contributed by atoms with Crippen molar-refractivity contribution < 1.29 is 28.7 Å². The fraction of sp³-hybridized carbons (Fsp3) is 0.412. The molecule has 0 aromatic heterocycles. The summed E-state index contributed by atoms with van der Waals surface area (Å²) >= 11 is 0. The lowest BCUT2D eigenvalue weighted by molar-refractivity contribution is -0.188. The highest BCUT2D eigenvalue weighted by molar-refractivity contribution is 6.22. The van der Waals surface area contributed by atoms with Crippen molar-refractivity contribution in [1.29, 1.82) is 0 Å². The highest BCUT2D eigenvalue weighted by Crippen LogP contribution is 2.52. The molecule has 1 aliphatic heterocycles. The van der Waals surface area contributed by atoms with Gasteiger partial charge in [0.25, 0.3) is 11.8 Å².